The molecule has 5 rings (SSSR count). The molecular formula is C26H43NO. The molecule has 0 spiro atoms. The normalized spacial score (nSPS) is 54.5. The van der Waals surface area contributed by atoms with Gasteiger partial charge in [0, 0.05) is 12.1 Å². The topological polar surface area (TPSA) is 32.3 Å². The molecule has 0 aromatic carbocycles. The van der Waals surface area contributed by atoms with E-state index in [0.717, 1.165) is 54.5 Å². The zero-order valence-electron chi connectivity index (χ0n) is 18.7. The highest BCUT2D eigenvalue weighted by Gasteiger charge is 2.59. The van der Waals surface area contributed by atoms with E-state index in [4.69, 9.17) is 0 Å². The van der Waals surface area contributed by atoms with Gasteiger partial charge >= 0.3 is 0 Å². The van der Waals surface area contributed by atoms with Gasteiger partial charge in [-0.3, -0.25) is 0 Å². The van der Waals surface area contributed by atoms with E-state index in [1.54, 1.807) is 5.57 Å². The molecule has 2 nitrogen and oxygen atoms in total. The van der Waals surface area contributed by atoms with Crippen LogP contribution in [0, 0.1) is 40.4 Å². The highest BCUT2D eigenvalue weighted by molar-refractivity contribution is 5.25. The molecule has 10 unspecified atom stereocenters. The van der Waals surface area contributed by atoms with Crippen LogP contribution in [0.3, 0.4) is 0 Å². The van der Waals surface area contributed by atoms with Crippen molar-refractivity contribution in [2.24, 2.45) is 40.4 Å². The maximum Gasteiger partial charge on any atom is 0.0577 e. The molecule has 4 aliphatic carbocycles. The van der Waals surface area contributed by atoms with Gasteiger partial charge in [-0.2, -0.15) is 0 Å². The van der Waals surface area contributed by atoms with Crippen molar-refractivity contribution in [3.8, 4) is 0 Å². The van der Waals surface area contributed by atoms with E-state index < -0.39 is 0 Å². The fraction of sp³-hybridized carbons (Fsp3) is 0.923. The number of rotatable bonds is 2. The lowest BCUT2D eigenvalue weighted by Crippen LogP contribution is -2.51. The molecule has 0 aromatic heterocycles. The summed E-state index contributed by atoms with van der Waals surface area (Å²) >= 11 is 0. The highest BCUT2D eigenvalue weighted by Crippen LogP contribution is 2.67. The third-order valence-corrected chi connectivity index (χ3v) is 10.8. The second-order valence-electron chi connectivity index (χ2n) is 12.0. The van der Waals surface area contributed by atoms with Crippen molar-refractivity contribution >= 4 is 0 Å². The summed E-state index contributed by atoms with van der Waals surface area (Å²) in [4.78, 5) is 0. The standard InChI is InChI=1S/C26H43NO/c1-16-5-10-24(27-16)17(2)21-8-9-22-20-7-6-18-15-19(28)11-13-25(18,3)23(20)12-14-26(21,22)4/h6,16-17,19-24,27-28H,5,7-15H2,1-4H3. The molecule has 1 aliphatic heterocycles. The molecule has 28 heavy (non-hydrogen) atoms. The lowest BCUT2D eigenvalue weighted by atomic mass is 9.47. The Kier molecular flexibility index (Phi) is 4.79. The summed E-state index contributed by atoms with van der Waals surface area (Å²) in [6, 6.07) is 1.47. The Morgan fingerprint density at radius 2 is 1.86 bits per heavy atom. The van der Waals surface area contributed by atoms with Crippen molar-refractivity contribution in [2.75, 3.05) is 0 Å². The van der Waals surface area contributed by atoms with Crippen LogP contribution in [0.4, 0.5) is 0 Å². The monoisotopic (exact) mass is 385 g/mol. The molecule has 0 amide bonds. The molecule has 158 valence electrons. The van der Waals surface area contributed by atoms with E-state index in [9.17, 15) is 5.11 Å². The second-order valence-corrected chi connectivity index (χ2v) is 12.0. The first-order chi connectivity index (χ1) is 13.3. The lowest BCUT2D eigenvalue weighted by Gasteiger charge is -2.58. The molecule has 0 radical (unpaired) electrons. The third-order valence-electron chi connectivity index (χ3n) is 10.8. The predicted octanol–water partition coefficient (Wildman–Crippen LogP) is 5.70. The Bertz CT molecular complexity index is 642. The van der Waals surface area contributed by atoms with Crippen molar-refractivity contribution in [3.05, 3.63) is 11.6 Å². The molecule has 0 aromatic rings. The van der Waals surface area contributed by atoms with Gasteiger partial charge in [0.2, 0.25) is 0 Å². The van der Waals surface area contributed by atoms with Crippen LogP contribution in [0.1, 0.15) is 91.9 Å². The summed E-state index contributed by atoms with van der Waals surface area (Å²) in [5, 5.41) is 14.1. The summed E-state index contributed by atoms with van der Waals surface area (Å²) in [5.74, 6) is 4.44. The van der Waals surface area contributed by atoms with E-state index >= 15 is 0 Å². The number of hydrogen-bond acceptors (Lipinski definition) is 2. The zero-order valence-corrected chi connectivity index (χ0v) is 18.7. The van der Waals surface area contributed by atoms with E-state index in [2.05, 4.69) is 39.1 Å². The molecule has 2 heteroatoms. The third kappa shape index (κ3) is 2.80. The molecule has 2 N–H and O–H groups in total. The van der Waals surface area contributed by atoms with Gasteiger partial charge in [0.1, 0.15) is 0 Å². The maximum absolute atomic E-state index is 10.2. The van der Waals surface area contributed by atoms with Crippen LogP contribution in [0.5, 0.6) is 0 Å². The van der Waals surface area contributed by atoms with E-state index in [0.29, 0.717) is 10.8 Å². The van der Waals surface area contributed by atoms with E-state index in [-0.39, 0.29) is 6.10 Å². The van der Waals surface area contributed by atoms with Crippen molar-refractivity contribution in [1.82, 2.24) is 5.32 Å². The molecule has 4 fully saturated rings. The van der Waals surface area contributed by atoms with Crippen LogP contribution < -0.4 is 5.32 Å². The molecule has 3 saturated carbocycles. The van der Waals surface area contributed by atoms with Gasteiger partial charge in [0.25, 0.3) is 0 Å². The fourth-order valence-electron chi connectivity index (χ4n) is 9.20. The molecule has 5 aliphatic rings. The number of allylic oxidation sites excluding steroid dienone is 1. The summed E-state index contributed by atoms with van der Waals surface area (Å²) in [7, 11) is 0. The fourth-order valence-corrected chi connectivity index (χ4v) is 9.20. The van der Waals surface area contributed by atoms with Gasteiger partial charge in [-0.15, -0.1) is 0 Å². The van der Waals surface area contributed by atoms with Crippen molar-refractivity contribution in [3.63, 3.8) is 0 Å². The molecule has 0 bridgehead atoms. The van der Waals surface area contributed by atoms with Crippen LogP contribution in [0.15, 0.2) is 11.6 Å². The minimum Gasteiger partial charge on any atom is -0.393 e. The van der Waals surface area contributed by atoms with Gasteiger partial charge in [-0.25, -0.2) is 0 Å². The SMILES string of the molecule is CC1CCC(C(C)C2CCC3C4CC=C5CC(O)CCC5(C)C4CCC23C)N1. The molecule has 1 heterocycles. The minimum absolute atomic E-state index is 0.0808. The number of aliphatic hydroxyl groups excluding tert-OH is 1. The Morgan fingerprint density at radius 1 is 1.04 bits per heavy atom. The van der Waals surface area contributed by atoms with E-state index in [1.165, 1.54) is 51.4 Å². The minimum atomic E-state index is -0.0808. The Hall–Kier alpha value is -0.340. The van der Waals surface area contributed by atoms with Gasteiger partial charge in [0.15, 0.2) is 0 Å². The maximum atomic E-state index is 10.2. The first-order valence-corrected chi connectivity index (χ1v) is 12.5. The summed E-state index contributed by atoms with van der Waals surface area (Å²) in [6.07, 6.45) is 15.5. The average molecular weight is 386 g/mol. The van der Waals surface area contributed by atoms with Crippen LogP contribution >= 0.6 is 0 Å². The number of fused-ring (bicyclic) bond motifs is 5. The summed E-state index contributed by atoms with van der Waals surface area (Å²) < 4.78 is 0. The average Bonchev–Trinajstić information content (AvgIpc) is 3.25. The molecule has 1 saturated heterocycles. The summed E-state index contributed by atoms with van der Waals surface area (Å²) in [6.45, 7) is 10.2. The zero-order chi connectivity index (χ0) is 19.7. The molecular weight excluding hydrogens is 342 g/mol. The van der Waals surface area contributed by atoms with Crippen molar-refractivity contribution < 1.29 is 5.11 Å². The first-order valence-electron chi connectivity index (χ1n) is 12.5. The van der Waals surface area contributed by atoms with Gasteiger partial charge in [-0.05, 0) is 112 Å². The number of nitrogens with one attached hydrogen (secondary N) is 1. The highest BCUT2D eigenvalue weighted by atomic mass is 16.3. The van der Waals surface area contributed by atoms with Crippen LogP contribution in [-0.2, 0) is 0 Å². The predicted molar refractivity (Wildman–Crippen MR) is 116 cm³/mol. The van der Waals surface area contributed by atoms with E-state index in [1.807, 2.05) is 0 Å². The smallest absolute Gasteiger partial charge is 0.0577 e. The second kappa shape index (κ2) is 6.84. The number of aliphatic hydroxyl groups is 1. The van der Waals surface area contributed by atoms with Gasteiger partial charge in [-0.1, -0.05) is 32.4 Å². The van der Waals surface area contributed by atoms with Crippen LogP contribution in [-0.4, -0.2) is 23.3 Å². The first kappa shape index (κ1) is 19.6. The lowest BCUT2D eigenvalue weighted by molar-refractivity contribution is -0.0586. The van der Waals surface area contributed by atoms with Gasteiger partial charge < -0.3 is 10.4 Å². The molecule has 10 atom stereocenters. The summed E-state index contributed by atoms with van der Waals surface area (Å²) in [5.41, 5.74) is 2.56. The van der Waals surface area contributed by atoms with Crippen molar-refractivity contribution in [2.45, 2.75) is 110 Å². The Morgan fingerprint density at radius 3 is 2.61 bits per heavy atom. The van der Waals surface area contributed by atoms with Crippen molar-refractivity contribution in [1.29, 1.82) is 0 Å². The van der Waals surface area contributed by atoms with Crippen LogP contribution in [0.25, 0.3) is 0 Å². The number of hydrogen-bond donors (Lipinski definition) is 2. The Balaban J connectivity index is 1.38. The largest absolute Gasteiger partial charge is 0.393 e. The quantitative estimate of drug-likeness (QED) is 0.597. The van der Waals surface area contributed by atoms with Crippen LogP contribution in [0.2, 0.25) is 0 Å². The van der Waals surface area contributed by atoms with Gasteiger partial charge in [0.05, 0.1) is 6.10 Å². The Labute approximate surface area is 172 Å².